The van der Waals surface area contributed by atoms with Gasteiger partial charge in [-0.2, -0.15) is 0 Å². The van der Waals surface area contributed by atoms with E-state index in [2.05, 4.69) is 10.3 Å². The molecule has 21 heavy (non-hydrogen) atoms. The van der Waals surface area contributed by atoms with Crippen molar-refractivity contribution < 1.29 is 14.7 Å². The molecule has 1 atom stereocenters. The van der Waals surface area contributed by atoms with Crippen LogP contribution >= 0.6 is 0 Å². The van der Waals surface area contributed by atoms with Gasteiger partial charge in [0.1, 0.15) is 0 Å². The van der Waals surface area contributed by atoms with Gasteiger partial charge in [0.05, 0.1) is 11.5 Å². The van der Waals surface area contributed by atoms with Crippen LogP contribution in [0, 0.1) is 5.41 Å². The maximum Gasteiger partial charge on any atom is 0.317 e. The number of carboxylic acids is 1. The number of piperidine rings is 1. The predicted molar refractivity (Wildman–Crippen MR) is 77.7 cm³/mol. The molecule has 2 N–H and O–H groups in total. The molecule has 1 aliphatic heterocycles. The average molecular weight is 291 g/mol. The van der Waals surface area contributed by atoms with E-state index in [4.69, 9.17) is 0 Å². The first-order chi connectivity index (χ1) is 9.92. The van der Waals surface area contributed by atoms with Crippen LogP contribution in [0.1, 0.15) is 38.3 Å². The van der Waals surface area contributed by atoms with Crippen molar-refractivity contribution in [1.29, 1.82) is 0 Å². The van der Waals surface area contributed by atoms with Crippen LogP contribution in [0.2, 0.25) is 0 Å². The van der Waals surface area contributed by atoms with Gasteiger partial charge in [0, 0.05) is 25.5 Å². The first-order valence-corrected chi connectivity index (χ1v) is 7.11. The Morgan fingerprint density at radius 2 is 2.10 bits per heavy atom. The Balaban J connectivity index is 1.89. The predicted octanol–water partition coefficient (Wildman–Crippen LogP) is 2.04. The summed E-state index contributed by atoms with van der Waals surface area (Å²) in [6.45, 7) is 4.58. The summed E-state index contributed by atoms with van der Waals surface area (Å²) in [5.41, 5.74) is 0.226. The Morgan fingerprint density at radius 3 is 2.62 bits per heavy atom. The molecule has 0 aliphatic carbocycles. The SMILES string of the molecule is CC(NC(=O)N1CCC(C)(C(=O)O)CC1)c1cccnc1. The second-order valence-electron chi connectivity index (χ2n) is 5.81. The van der Waals surface area contributed by atoms with E-state index < -0.39 is 11.4 Å². The second-order valence-corrected chi connectivity index (χ2v) is 5.81. The Hall–Kier alpha value is -2.11. The Labute approximate surface area is 124 Å². The summed E-state index contributed by atoms with van der Waals surface area (Å²) in [5.74, 6) is -0.786. The number of aliphatic carboxylic acids is 1. The lowest BCUT2D eigenvalue weighted by Gasteiger charge is -2.36. The Morgan fingerprint density at radius 1 is 1.43 bits per heavy atom. The summed E-state index contributed by atoms with van der Waals surface area (Å²) >= 11 is 0. The monoisotopic (exact) mass is 291 g/mol. The molecule has 1 aliphatic rings. The molecule has 6 nitrogen and oxygen atoms in total. The van der Waals surface area contributed by atoms with Crippen molar-refractivity contribution in [2.24, 2.45) is 5.41 Å². The fourth-order valence-electron chi connectivity index (χ4n) is 2.41. The molecule has 0 bridgehead atoms. The molecule has 0 spiro atoms. The van der Waals surface area contributed by atoms with Crippen LogP contribution in [0.5, 0.6) is 0 Å². The number of likely N-dealkylation sites (tertiary alicyclic amines) is 1. The van der Waals surface area contributed by atoms with Crippen molar-refractivity contribution >= 4 is 12.0 Å². The van der Waals surface area contributed by atoms with Gasteiger partial charge in [0.25, 0.3) is 0 Å². The maximum atomic E-state index is 12.2. The van der Waals surface area contributed by atoms with Crippen LogP contribution in [0.3, 0.4) is 0 Å². The molecular weight excluding hydrogens is 270 g/mol. The first kappa shape index (κ1) is 15.3. The van der Waals surface area contributed by atoms with Crippen molar-refractivity contribution in [2.75, 3.05) is 13.1 Å². The quantitative estimate of drug-likeness (QED) is 0.892. The highest BCUT2D eigenvalue weighted by molar-refractivity contribution is 5.77. The molecule has 114 valence electrons. The van der Waals surface area contributed by atoms with Crippen LogP contribution in [-0.2, 0) is 4.79 Å². The number of carbonyl (C=O) groups excluding carboxylic acids is 1. The van der Waals surface area contributed by atoms with Crippen molar-refractivity contribution in [3.8, 4) is 0 Å². The minimum atomic E-state index is -0.786. The van der Waals surface area contributed by atoms with Gasteiger partial charge in [-0.15, -0.1) is 0 Å². The van der Waals surface area contributed by atoms with Crippen LogP contribution in [-0.4, -0.2) is 40.1 Å². The van der Waals surface area contributed by atoms with Crippen molar-refractivity contribution in [2.45, 2.75) is 32.7 Å². The minimum absolute atomic E-state index is 0.126. The number of carbonyl (C=O) groups is 2. The summed E-state index contributed by atoms with van der Waals surface area (Å²) in [6.07, 6.45) is 4.38. The Bertz CT molecular complexity index is 510. The number of aromatic nitrogens is 1. The molecule has 2 amide bonds. The number of carboxylic acid groups (broad SMARTS) is 1. The molecule has 0 saturated carbocycles. The normalized spacial score (nSPS) is 18.9. The van der Waals surface area contributed by atoms with E-state index in [1.165, 1.54) is 0 Å². The zero-order valence-corrected chi connectivity index (χ0v) is 12.4. The minimum Gasteiger partial charge on any atom is -0.481 e. The number of pyridine rings is 1. The van der Waals surface area contributed by atoms with Gasteiger partial charge in [0.2, 0.25) is 0 Å². The third kappa shape index (κ3) is 3.51. The van der Waals surface area contributed by atoms with Crippen molar-refractivity contribution in [3.63, 3.8) is 0 Å². The highest BCUT2D eigenvalue weighted by Gasteiger charge is 2.38. The topological polar surface area (TPSA) is 82.5 Å². The molecule has 1 fully saturated rings. The zero-order chi connectivity index (χ0) is 15.5. The number of urea groups is 1. The molecule has 1 aromatic rings. The van der Waals surface area contributed by atoms with E-state index >= 15 is 0 Å². The molecule has 2 heterocycles. The van der Waals surface area contributed by atoms with E-state index in [0.29, 0.717) is 25.9 Å². The summed E-state index contributed by atoms with van der Waals surface area (Å²) in [7, 11) is 0. The van der Waals surface area contributed by atoms with Gasteiger partial charge in [0.15, 0.2) is 0 Å². The molecule has 2 rings (SSSR count). The van der Waals surface area contributed by atoms with Crippen LogP contribution < -0.4 is 5.32 Å². The summed E-state index contributed by atoms with van der Waals surface area (Å²) < 4.78 is 0. The van der Waals surface area contributed by atoms with Crippen LogP contribution in [0.25, 0.3) is 0 Å². The molecule has 0 radical (unpaired) electrons. The largest absolute Gasteiger partial charge is 0.481 e. The number of nitrogens with zero attached hydrogens (tertiary/aromatic N) is 2. The molecule has 1 aromatic heterocycles. The van der Waals surface area contributed by atoms with Crippen LogP contribution in [0.15, 0.2) is 24.5 Å². The molecule has 6 heteroatoms. The summed E-state index contributed by atoms with van der Waals surface area (Å²) in [4.78, 5) is 29.1. The third-order valence-corrected chi connectivity index (χ3v) is 4.19. The van der Waals surface area contributed by atoms with Gasteiger partial charge >= 0.3 is 12.0 Å². The smallest absolute Gasteiger partial charge is 0.317 e. The molecular formula is C15H21N3O3. The van der Waals surface area contributed by atoms with Gasteiger partial charge in [-0.3, -0.25) is 9.78 Å². The fraction of sp³-hybridized carbons (Fsp3) is 0.533. The lowest BCUT2D eigenvalue weighted by Crippen LogP contribution is -2.49. The van der Waals surface area contributed by atoms with E-state index in [0.717, 1.165) is 5.56 Å². The number of nitrogens with one attached hydrogen (secondary N) is 1. The number of hydrogen-bond acceptors (Lipinski definition) is 3. The highest BCUT2D eigenvalue weighted by atomic mass is 16.4. The maximum absolute atomic E-state index is 12.2. The van der Waals surface area contributed by atoms with Crippen LogP contribution in [0.4, 0.5) is 4.79 Å². The molecule has 1 saturated heterocycles. The van der Waals surface area contributed by atoms with Crippen molar-refractivity contribution in [1.82, 2.24) is 15.2 Å². The van der Waals surface area contributed by atoms with E-state index in [9.17, 15) is 14.7 Å². The third-order valence-electron chi connectivity index (χ3n) is 4.19. The zero-order valence-electron chi connectivity index (χ0n) is 12.4. The number of hydrogen-bond donors (Lipinski definition) is 2. The van der Waals surface area contributed by atoms with Gasteiger partial charge in [-0.1, -0.05) is 6.07 Å². The molecule has 0 aromatic carbocycles. The van der Waals surface area contributed by atoms with Gasteiger partial charge in [-0.05, 0) is 38.3 Å². The van der Waals surface area contributed by atoms with Crippen molar-refractivity contribution in [3.05, 3.63) is 30.1 Å². The van der Waals surface area contributed by atoms with Gasteiger partial charge < -0.3 is 15.3 Å². The number of rotatable bonds is 3. The first-order valence-electron chi connectivity index (χ1n) is 7.11. The Kier molecular flexibility index (Phi) is 4.45. The summed E-state index contributed by atoms with van der Waals surface area (Å²) in [6, 6.07) is 3.46. The van der Waals surface area contributed by atoms with E-state index in [-0.39, 0.29) is 12.1 Å². The number of amides is 2. The van der Waals surface area contributed by atoms with E-state index in [1.54, 1.807) is 24.2 Å². The van der Waals surface area contributed by atoms with E-state index in [1.807, 2.05) is 19.1 Å². The standard InChI is InChI=1S/C15H21N3O3/c1-11(12-4-3-7-16-10-12)17-14(21)18-8-5-15(2,6-9-18)13(19)20/h3-4,7,10-11H,5-6,8-9H2,1-2H3,(H,17,21)(H,19,20). The average Bonchev–Trinajstić information content (AvgIpc) is 2.48. The fourth-order valence-corrected chi connectivity index (χ4v) is 2.41. The molecule has 1 unspecified atom stereocenters. The second kappa shape index (κ2) is 6.11. The van der Waals surface area contributed by atoms with Gasteiger partial charge in [-0.25, -0.2) is 4.79 Å². The summed E-state index contributed by atoms with van der Waals surface area (Å²) in [5, 5.41) is 12.1. The highest BCUT2D eigenvalue weighted by Crippen LogP contribution is 2.31. The lowest BCUT2D eigenvalue weighted by atomic mass is 9.80. The lowest BCUT2D eigenvalue weighted by molar-refractivity contribution is -0.150.